The van der Waals surface area contributed by atoms with Crippen LogP contribution >= 0.6 is 0 Å². The zero-order valence-electron chi connectivity index (χ0n) is 7.50. The maximum Gasteiger partial charge on any atom is 0.0101 e. The van der Waals surface area contributed by atoms with Crippen molar-refractivity contribution in [1.29, 1.82) is 0 Å². The fourth-order valence-corrected chi connectivity index (χ4v) is 2.60. The predicted molar refractivity (Wildman–Crippen MR) is 50.4 cm³/mol. The van der Waals surface area contributed by atoms with E-state index in [1.807, 2.05) is 0 Å². The number of rotatable bonds is 3. The van der Waals surface area contributed by atoms with Crippen molar-refractivity contribution < 1.29 is 0 Å². The van der Waals surface area contributed by atoms with Crippen LogP contribution in [0.25, 0.3) is 0 Å². The highest BCUT2D eigenvalue weighted by Gasteiger charge is 2.46. The molecule has 1 nitrogen and oxygen atoms in total. The molecule has 0 amide bonds. The number of hydrogen-bond acceptors (Lipinski definition) is 1. The molecule has 0 aliphatic heterocycles. The SMILES string of the molecule is C#CCCC(N)C1CC2CC2C1. The van der Waals surface area contributed by atoms with Gasteiger partial charge in [-0.05, 0) is 43.4 Å². The molecular formula is C11H17N. The maximum atomic E-state index is 6.05. The summed E-state index contributed by atoms with van der Waals surface area (Å²) < 4.78 is 0. The molecule has 66 valence electrons. The lowest BCUT2D eigenvalue weighted by Gasteiger charge is -2.19. The van der Waals surface area contributed by atoms with Crippen LogP contribution in [0.1, 0.15) is 32.1 Å². The van der Waals surface area contributed by atoms with E-state index in [0.29, 0.717) is 6.04 Å². The highest BCUT2D eigenvalue weighted by Crippen LogP contribution is 2.55. The molecule has 0 aromatic rings. The molecule has 0 heterocycles. The third-order valence-electron chi connectivity index (χ3n) is 3.51. The Hall–Kier alpha value is -0.480. The normalized spacial score (nSPS) is 40.2. The van der Waals surface area contributed by atoms with Gasteiger partial charge < -0.3 is 5.73 Å². The molecule has 2 fully saturated rings. The minimum Gasteiger partial charge on any atom is -0.327 e. The smallest absolute Gasteiger partial charge is 0.0101 e. The first-order chi connectivity index (χ1) is 5.81. The standard InChI is InChI=1S/C11H17N/c1-2-3-4-11(12)10-6-8-5-9(8)7-10/h1,8-11H,3-7,12H2. The molecule has 2 aliphatic rings. The fraction of sp³-hybridized carbons (Fsp3) is 0.818. The monoisotopic (exact) mass is 163 g/mol. The van der Waals surface area contributed by atoms with E-state index in [0.717, 1.165) is 30.6 Å². The summed E-state index contributed by atoms with van der Waals surface area (Å²) in [6, 6.07) is 0.383. The second-order valence-corrected chi connectivity index (χ2v) is 4.39. The molecule has 2 rings (SSSR count). The summed E-state index contributed by atoms with van der Waals surface area (Å²) in [5.41, 5.74) is 6.05. The summed E-state index contributed by atoms with van der Waals surface area (Å²) in [7, 11) is 0. The third-order valence-corrected chi connectivity index (χ3v) is 3.51. The van der Waals surface area contributed by atoms with Crippen LogP contribution in [-0.4, -0.2) is 6.04 Å². The van der Waals surface area contributed by atoms with E-state index in [1.54, 1.807) is 0 Å². The molecular weight excluding hydrogens is 146 g/mol. The van der Waals surface area contributed by atoms with Crippen LogP contribution < -0.4 is 5.73 Å². The second-order valence-electron chi connectivity index (χ2n) is 4.39. The molecule has 0 aromatic carbocycles. The zero-order valence-corrected chi connectivity index (χ0v) is 7.50. The molecule has 0 saturated heterocycles. The molecule has 3 unspecified atom stereocenters. The Morgan fingerprint density at radius 3 is 2.58 bits per heavy atom. The highest BCUT2D eigenvalue weighted by atomic mass is 14.7. The average molecular weight is 163 g/mol. The van der Waals surface area contributed by atoms with Gasteiger partial charge in [-0.2, -0.15) is 0 Å². The minimum atomic E-state index is 0.383. The van der Waals surface area contributed by atoms with Crippen molar-refractivity contribution in [3.63, 3.8) is 0 Å². The highest BCUT2D eigenvalue weighted by molar-refractivity contribution is 4.99. The van der Waals surface area contributed by atoms with Crippen LogP contribution in [0, 0.1) is 30.1 Å². The molecule has 0 spiro atoms. The third kappa shape index (κ3) is 1.49. The Morgan fingerprint density at radius 2 is 2.00 bits per heavy atom. The summed E-state index contributed by atoms with van der Waals surface area (Å²) in [6.07, 6.45) is 11.3. The van der Waals surface area contributed by atoms with Crippen molar-refractivity contribution in [3.8, 4) is 12.3 Å². The van der Waals surface area contributed by atoms with E-state index in [4.69, 9.17) is 12.2 Å². The number of nitrogens with two attached hydrogens (primary N) is 1. The van der Waals surface area contributed by atoms with Crippen molar-refractivity contribution in [3.05, 3.63) is 0 Å². The topological polar surface area (TPSA) is 26.0 Å². The van der Waals surface area contributed by atoms with Gasteiger partial charge in [0.1, 0.15) is 0 Å². The summed E-state index contributed by atoms with van der Waals surface area (Å²) in [6.45, 7) is 0. The van der Waals surface area contributed by atoms with Crippen molar-refractivity contribution >= 4 is 0 Å². The van der Waals surface area contributed by atoms with Crippen molar-refractivity contribution in [2.45, 2.75) is 38.1 Å². The summed E-state index contributed by atoms with van der Waals surface area (Å²) in [5.74, 6) is 5.55. The Labute approximate surface area is 74.7 Å². The minimum absolute atomic E-state index is 0.383. The molecule has 12 heavy (non-hydrogen) atoms. The fourth-order valence-electron chi connectivity index (χ4n) is 2.60. The maximum absolute atomic E-state index is 6.05. The van der Waals surface area contributed by atoms with Gasteiger partial charge in [-0.25, -0.2) is 0 Å². The second kappa shape index (κ2) is 3.11. The summed E-state index contributed by atoms with van der Waals surface area (Å²) in [5, 5.41) is 0. The Bertz CT molecular complexity index is 194. The van der Waals surface area contributed by atoms with E-state index >= 15 is 0 Å². The van der Waals surface area contributed by atoms with Gasteiger partial charge in [-0.3, -0.25) is 0 Å². The Balaban J connectivity index is 1.74. The van der Waals surface area contributed by atoms with Gasteiger partial charge in [-0.15, -0.1) is 12.3 Å². The van der Waals surface area contributed by atoms with Gasteiger partial charge in [0, 0.05) is 12.5 Å². The van der Waals surface area contributed by atoms with Crippen molar-refractivity contribution in [2.75, 3.05) is 0 Å². The van der Waals surface area contributed by atoms with Gasteiger partial charge in [0.15, 0.2) is 0 Å². The van der Waals surface area contributed by atoms with Crippen LogP contribution in [0.15, 0.2) is 0 Å². The number of terminal acetylenes is 1. The molecule has 0 bridgehead atoms. The first kappa shape index (κ1) is 8.13. The largest absolute Gasteiger partial charge is 0.327 e. The molecule has 2 aliphatic carbocycles. The van der Waals surface area contributed by atoms with Gasteiger partial charge in [0.05, 0.1) is 0 Å². The van der Waals surface area contributed by atoms with Gasteiger partial charge in [0.25, 0.3) is 0 Å². The quantitative estimate of drug-likeness (QED) is 0.630. The van der Waals surface area contributed by atoms with Crippen LogP contribution in [0.5, 0.6) is 0 Å². The Kier molecular flexibility index (Phi) is 2.11. The van der Waals surface area contributed by atoms with Crippen molar-refractivity contribution in [2.24, 2.45) is 23.5 Å². The summed E-state index contributed by atoms with van der Waals surface area (Å²) in [4.78, 5) is 0. The molecule has 2 saturated carbocycles. The first-order valence-corrected chi connectivity index (χ1v) is 5.00. The van der Waals surface area contributed by atoms with Gasteiger partial charge in [0.2, 0.25) is 0 Å². The van der Waals surface area contributed by atoms with Crippen LogP contribution in [0.3, 0.4) is 0 Å². The molecule has 0 radical (unpaired) electrons. The van der Waals surface area contributed by atoms with E-state index < -0.39 is 0 Å². The lowest BCUT2D eigenvalue weighted by Crippen LogP contribution is -2.28. The van der Waals surface area contributed by atoms with Gasteiger partial charge in [-0.1, -0.05) is 0 Å². The van der Waals surface area contributed by atoms with Crippen LogP contribution in [0.4, 0.5) is 0 Å². The lowest BCUT2D eigenvalue weighted by molar-refractivity contribution is 0.380. The lowest BCUT2D eigenvalue weighted by atomic mass is 9.92. The van der Waals surface area contributed by atoms with Crippen LogP contribution in [0.2, 0.25) is 0 Å². The predicted octanol–water partition coefficient (Wildman–Crippen LogP) is 1.77. The molecule has 1 heteroatoms. The Morgan fingerprint density at radius 1 is 1.33 bits per heavy atom. The molecule has 3 atom stereocenters. The average Bonchev–Trinajstić information content (AvgIpc) is 2.69. The van der Waals surface area contributed by atoms with Crippen molar-refractivity contribution in [1.82, 2.24) is 0 Å². The van der Waals surface area contributed by atoms with Crippen LogP contribution in [-0.2, 0) is 0 Å². The van der Waals surface area contributed by atoms with E-state index in [-0.39, 0.29) is 0 Å². The van der Waals surface area contributed by atoms with E-state index in [9.17, 15) is 0 Å². The zero-order chi connectivity index (χ0) is 8.55. The first-order valence-electron chi connectivity index (χ1n) is 5.00. The molecule has 0 aromatic heterocycles. The number of fused-ring (bicyclic) bond motifs is 1. The summed E-state index contributed by atoms with van der Waals surface area (Å²) >= 11 is 0. The van der Waals surface area contributed by atoms with Gasteiger partial charge >= 0.3 is 0 Å². The van der Waals surface area contributed by atoms with E-state index in [1.165, 1.54) is 19.3 Å². The van der Waals surface area contributed by atoms with E-state index in [2.05, 4.69) is 5.92 Å². The number of hydrogen-bond donors (Lipinski definition) is 1. The molecule has 2 N–H and O–H groups in total.